The molecule has 0 heterocycles. The molecule has 0 amide bonds. The average molecular weight is 216 g/mol. The summed E-state index contributed by atoms with van der Waals surface area (Å²) < 4.78 is 26.6. The van der Waals surface area contributed by atoms with Gasteiger partial charge in [0.15, 0.2) is 0 Å². The average Bonchev–Trinajstić information content (AvgIpc) is 2.06. The second-order valence-electron chi connectivity index (χ2n) is 3.67. The van der Waals surface area contributed by atoms with Crippen LogP contribution in [0.2, 0.25) is 0 Å². The van der Waals surface area contributed by atoms with E-state index in [4.69, 9.17) is 4.18 Å². The van der Waals surface area contributed by atoms with Gasteiger partial charge in [0, 0.05) is 5.92 Å². The van der Waals surface area contributed by atoms with Crippen LogP contribution in [0.15, 0.2) is 0 Å². The Labute approximate surface area is 86.0 Å². The highest BCUT2D eigenvalue weighted by Crippen LogP contribution is 2.26. The van der Waals surface area contributed by atoms with Crippen LogP contribution in [0, 0.1) is 17.8 Å². The lowest BCUT2D eigenvalue weighted by atomic mass is 9.88. The van der Waals surface area contributed by atoms with Gasteiger partial charge in [-0.25, -0.2) is 0 Å². The van der Waals surface area contributed by atoms with Crippen molar-refractivity contribution in [2.45, 2.75) is 38.7 Å². The highest BCUT2D eigenvalue weighted by atomic mass is 32.2. The number of hydrogen-bond donors (Lipinski definition) is 0. The van der Waals surface area contributed by atoms with Crippen LogP contribution in [0.25, 0.3) is 0 Å². The maximum Gasteiger partial charge on any atom is 0.264 e. The molecule has 1 saturated carbocycles. The van der Waals surface area contributed by atoms with Gasteiger partial charge in [0.2, 0.25) is 0 Å². The molecule has 0 atom stereocenters. The predicted octanol–water partition coefficient (Wildman–Crippen LogP) is 1.54. The molecule has 0 unspecified atom stereocenters. The number of hydrogen-bond acceptors (Lipinski definition) is 3. The third kappa shape index (κ3) is 4.12. The van der Waals surface area contributed by atoms with Crippen LogP contribution in [0.4, 0.5) is 0 Å². The van der Waals surface area contributed by atoms with E-state index in [2.05, 4.69) is 11.8 Å². The van der Waals surface area contributed by atoms with Crippen molar-refractivity contribution in [3.05, 3.63) is 0 Å². The Morgan fingerprint density at radius 3 is 2.21 bits per heavy atom. The summed E-state index contributed by atoms with van der Waals surface area (Å²) in [4.78, 5) is 0. The van der Waals surface area contributed by atoms with Crippen molar-refractivity contribution in [2.24, 2.45) is 5.92 Å². The Bertz CT molecular complexity index is 326. The van der Waals surface area contributed by atoms with Gasteiger partial charge >= 0.3 is 0 Å². The van der Waals surface area contributed by atoms with Crippen molar-refractivity contribution in [1.29, 1.82) is 0 Å². The summed E-state index contributed by atoms with van der Waals surface area (Å²) in [5.41, 5.74) is 0. The summed E-state index contributed by atoms with van der Waals surface area (Å²) in [6.45, 7) is 1.83. The third-order valence-corrected chi connectivity index (χ3v) is 2.96. The van der Waals surface area contributed by atoms with Gasteiger partial charge in [-0.2, -0.15) is 8.42 Å². The van der Waals surface area contributed by atoms with E-state index in [9.17, 15) is 8.42 Å². The molecule has 80 valence electrons. The molecule has 0 aliphatic heterocycles. The first-order valence-electron chi connectivity index (χ1n) is 4.82. The molecule has 0 aromatic heterocycles. The molecule has 0 spiro atoms. The Morgan fingerprint density at radius 2 is 1.79 bits per heavy atom. The highest BCUT2D eigenvalue weighted by molar-refractivity contribution is 7.86. The van der Waals surface area contributed by atoms with Crippen LogP contribution in [-0.2, 0) is 14.3 Å². The zero-order chi connectivity index (χ0) is 10.6. The standard InChI is InChI=1S/C10H16O3S/c1-3-4-9-5-7-10(8-6-9)13-14(2,11)12/h9-10H,5-8H2,1-2H3. The Balaban J connectivity index is 2.39. The van der Waals surface area contributed by atoms with E-state index in [0.29, 0.717) is 5.92 Å². The quantitative estimate of drug-likeness (QED) is 0.519. The molecule has 1 aliphatic carbocycles. The Morgan fingerprint density at radius 1 is 1.21 bits per heavy atom. The first-order valence-corrected chi connectivity index (χ1v) is 6.63. The van der Waals surface area contributed by atoms with Gasteiger partial charge in [-0.1, -0.05) is 0 Å². The van der Waals surface area contributed by atoms with Crippen molar-refractivity contribution < 1.29 is 12.6 Å². The van der Waals surface area contributed by atoms with Crippen LogP contribution in [0.5, 0.6) is 0 Å². The molecule has 4 heteroatoms. The summed E-state index contributed by atoms with van der Waals surface area (Å²) in [6, 6.07) is 0. The van der Waals surface area contributed by atoms with E-state index >= 15 is 0 Å². The lowest BCUT2D eigenvalue weighted by Crippen LogP contribution is -2.23. The van der Waals surface area contributed by atoms with Gasteiger partial charge in [-0.15, -0.1) is 11.8 Å². The molecular formula is C10H16O3S. The molecule has 0 N–H and O–H groups in total. The van der Waals surface area contributed by atoms with E-state index in [-0.39, 0.29) is 6.10 Å². The molecule has 3 nitrogen and oxygen atoms in total. The maximum absolute atomic E-state index is 10.9. The SMILES string of the molecule is CC#CC1CCC(OS(C)(=O)=O)CC1. The van der Waals surface area contributed by atoms with Gasteiger partial charge < -0.3 is 0 Å². The summed E-state index contributed by atoms with van der Waals surface area (Å²) in [5, 5.41) is 0. The molecule has 14 heavy (non-hydrogen) atoms. The molecule has 1 aliphatic rings. The molecule has 0 bridgehead atoms. The second kappa shape index (κ2) is 4.81. The molecule has 0 aromatic rings. The molecule has 0 aromatic carbocycles. The van der Waals surface area contributed by atoms with Crippen molar-refractivity contribution in [2.75, 3.05) is 6.26 Å². The van der Waals surface area contributed by atoms with Crippen molar-refractivity contribution in [3.8, 4) is 11.8 Å². The smallest absolute Gasteiger partial charge is 0.264 e. The van der Waals surface area contributed by atoms with E-state index in [1.807, 2.05) is 6.92 Å². The monoisotopic (exact) mass is 216 g/mol. The third-order valence-electron chi connectivity index (χ3n) is 2.33. The zero-order valence-corrected chi connectivity index (χ0v) is 9.43. The minimum absolute atomic E-state index is 0.125. The van der Waals surface area contributed by atoms with Crippen LogP contribution in [0.1, 0.15) is 32.6 Å². The molecule has 1 fully saturated rings. The van der Waals surface area contributed by atoms with E-state index in [0.717, 1.165) is 31.9 Å². The van der Waals surface area contributed by atoms with Crippen molar-refractivity contribution >= 4 is 10.1 Å². The first-order chi connectivity index (χ1) is 6.51. The normalized spacial score (nSPS) is 27.9. The minimum Gasteiger partial charge on any atom is -0.267 e. The zero-order valence-electron chi connectivity index (χ0n) is 8.62. The van der Waals surface area contributed by atoms with Crippen molar-refractivity contribution in [1.82, 2.24) is 0 Å². The molecule has 0 radical (unpaired) electrons. The van der Waals surface area contributed by atoms with Gasteiger partial charge in [0.05, 0.1) is 12.4 Å². The fraction of sp³-hybridized carbons (Fsp3) is 0.800. The van der Waals surface area contributed by atoms with Gasteiger partial charge in [0.25, 0.3) is 10.1 Å². The van der Waals surface area contributed by atoms with E-state index in [1.165, 1.54) is 0 Å². The lowest BCUT2D eigenvalue weighted by molar-refractivity contribution is 0.151. The van der Waals surface area contributed by atoms with Crippen LogP contribution < -0.4 is 0 Å². The largest absolute Gasteiger partial charge is 0.267 e. The van der Waals surface area contributed by atoms with E-state index in [1.54, 1.807) is 0 Å². The summed E-state index contributed by atoms with van der Waals surface area (Å²) >= 11 is 0. The van der Waals surface area contributed by atoms with Crippen molar-refractivity contribution in [3.63, 3.8) is 0 Å². The minimum atomic E-state index is -3.29. The molecular weight excluding hydrogens is 200 g/mol. The molecule has 0 saturated heterocycles. The number of rotatable bonds is 2. The van der Waals surface area contributed by atoms with Crippen LogP contribution in [0.3, 0.4) is 0 Å². The molecule has 1 rings (SSSR count). The highest BCUT2D eigenvalue weighted by Gasteiger charge is 2.23. The van der Waals surface area contributed by atoms with Crippen LogP contribution in [-0.4, -0.2) is 20.8 Å². The first kappa shape index (κ1) is 11.5. The summed E-state index contributed by atoms with van der Waals surface area (Å²) in [5.74, 6) is 6.43. The summed E-state index contributed by atoms with van der Waals surface area (Å²) in [7, 11) is -3.29. The fourth-order valence-electron chi connectivity index (χ4n) is 1.75. The topological polar surface area (TPSA) is 43.4 Å². The Kier molecular flexibility index (Phi) is 3.97. The fourth-order valence-corrected chi connectivity index (χ4v) is 2.44. The summed E-state index contributed by atoms with van der Waals surface area (Å²) in [6.07, 6.45) is 4.46. The Hall–Kier alpha value is -0.530. The van der Waals surface area contributed by atoms with Crippen LogP contribution >= 0.6 is 0 Å². The van der Waals surface area contributed by atoms with Gasteiger partial charge in [-0.3, -0.25) is 4.18 Å². The van der Waals surface area contributed by atoms with Gasteiger partial charge in [-0.05, 0) is 32.6 Å². The lowest BCUT2D eigenvalue weighted by Gasteiger charge is -2.24. The van der Waals surface area contributed by atoms with E-state index < -0.39 is 10.1 Å². The predicted molar refractivity (Wildman–Crippen MR) is 55.1 cm³/mol. The second-order valence-corrected chi connectivity index (χ2v) is 5.27. The maximum atomic E-state index is 10.9. The van der Waals surface area contributed by atoms with Gasteiger partial charge in [0.1, 0.15) is 0 Å².